The summed E-state index contributed by atoms with van der Waals surface area (Å²) < 4.78 is 1.87. The maximum Gasteiger partial charge on any atom is 0.235 e. The number of hydrogen-bond donors (Lipinski definition) is 2. The van der Waals surface area contributed by atoms with E-state index in [1.54, 1.807) is 0 Å². The number of aryl methyl sites for hydroxylation is 1. The summed E-state index contributed by atoms with van der Waals surface area (Å²) in [7, 11) is 1.93. The molecule has 1 aromatic carbocycles. The van der Waals surface area contributed by atoms with Crippen molar-refractivity contribution in [2.24, 2.45) is 13.0 Å². The molecule has 0 aliphatic carbocycles. The first-order valence-corrected chi connectivity index (χ1v) is 12.0. The number of carbonyl (C=O) groups is 2. The van der Waals surface area contributed by atoms with Crippen molar-refractivity contribution in [3.63, 3.8) is 0 Å². The molecule has 0 saturated carbocycles. The predicted octanol–water partition coefficient (Wildman–Crippen LogP) is 1.60. The summed E-state index contributed by atoms with van der Waals surface area (Å²) in [6, 6.07) is 7.12. The van der Waals surface area contributed by atoms with Crippen LogP contribution in [0.4, 0.5) is 5.69 Å². The van der Waals surface area contributed by atoms with Crippen molar-refractivity contribution in [2.45, 2.75) is 44.6 Å². The highest BCUT2D eigenvalue weighted by Gasteiger charge is 2.32. The van der Waals surface area contributed by atoms with Crippen molar-refractivity contribution in [3.8, 4) is 0 Å². The number of amides is 2. The van der Waals surface area contributed by atoms with Gasteiger partial charge in [-0.2, -0.15) is 5.10 Å². The monoisotopic (exact) mass is 438 g/mol. The molecule has 32 heavy (non-hydrogen) atoms. The van der Waals surface area contributed by atoms with Gasteiger partial charge in [0.15, 0.2) is 0 Å². The van der Waals surface area contributed by atoms with Crippen LogP contribution in [-0.4, -0.2) is 71.8 Å². The lowest BCUT2D eigenvalue weighted by Gasteiger charge is -2.41. The second-order valence-corrected chi connectivity index (χ2v) is 9.57. The van der Waals surface area contributed by atoms with Gasteiger partial charge >= 0.3 is 0 Å². The molecule has 2 aromatic rings. The minimum atomic E-state index is -0.357. The number of imide groups is 1. The quantitative estimate of drug-likeness (QED) is 0.706. The van der Waals surface area contributed by atoms with Gasteiger partial charge in [-0.3, -0.25) is 24.5 Å². The van der Waals surface area contributed by atoms with Crippen LogP contribution >= 0.6 is 0 Å². The van der Waals surface area contributed by atoms with Crippen molar-refractivity contribution in [2.75, 3.05) is 44.2 Å². The van der Waals surface area contributed by atoms with E-state index in [0.29, 0.717) is 18.9 Å². The molecule has 8 heteroatoms. The Bertz CT molecular complexity index is 1000. The number of piperidine rings is 2. The van der Waals surface area contributed by atoms with Gasteiger partial charge in [-0.15, -0.1) is 0 Å². The molecule has 4 heterocycles. The number of nitrogens with zero attached hydrogens (tertiary/aromatic N) is 4. The average molecular weight is 439 g/mol. The third-order valence-corrected chi connectivity index (χ3v) is 7.75. The summed E-state index contributed by atoms with van der Waals surface area (Å²) in [6.45, 7) is 9.09. The Morgan fingerprint density at radius 2 is 1.81 bits per heavy atom. The number of nitrogens with one attached hydrogen (secondary N) is 2. The Balaban J connectivity index is 1.29. The molecule has 2 amide bonds. The van der Waals surface area contributed by atoms with Crippen LogP contribution < -0.4 is 15.5 Å². The number of piperazine rings is 1. The molecular formula is C24H34N6O2. The molecule has 2 atom stereocenters. The molecule has 0 bridgehead atoms. The maximum absolute atomic E-state index is 12.4. The van der Waals surface area contributed by atoms with Gasteiger partial charge in [0, 0.05) is 69.9 Å². The number of benzene rings is 1. The highest BCUT2D eigenvalue weighted by molar-refractivity contribution is 6.02. The van der Waals surface area contributed by atoms with Gasteiger partial charge in [0.1, 0.15) is 0 Å². The van der Waals surface area contributed by atoms with E-state index in [-0.39, 0.29) is 17.7 Å². The third-order valence-electron chi connectivity index (χ3n) is 7.75. The number of rotatable bonds is 4. The Hall–Kier alpha value is -2.45. The van der Waals surface area contributed by atoms with Gasteiger partial charge in [-0.25, -0.2) is 0 Å². The number of anilines is 1. The van der Waals surface area contributed by atoms with Crippen LogP contribution in [0, 0.1) is 5.92 Å². The lowest BCUT2D eigenvalue weighted by Crippen LogP contribution is -2.51. The molecule has 2 unspecified atom stereocenters. The van der Waals surface area contributed by atoms with Crippen LogP contribution in [0.2, 0.25) is 0 Å². The van der Waals surface area contributed by atoms with Gasteiger partial charge in [0.25, 0.3) is 0 Å². The molecule has 8 nitrogen and oxygen atoms in total. The first-order valence-electron chi connectivity index (χ1n) is 12.0. The van der Waals surface area contributed by atoms with Crippen LogP contribution in [-0.2, 0) is 16.6 Å². The fourth-order valence-electron chi connectivity index (χ4n) is 5.71. The van der Waals surface area contributed by atoms with E-state index >= 15 is 0 Å². The summed E-state index contributed by atoms with van der Waals surface area (Å²) in [5.41, 5.74) is 3.05. The second kappa shape index (κ2) is 8.83. The molecule has 0 radical (unpaired) electrons. The van der Waals surface area contributed by atoms with Crippen molar-refractivity contribution in [1.82, 2.24) is 25.3 Å². The van der Waals surface area contributed by atoms with E-state index in [2.05, 4.69) is 50.7 Å². The van der Waals surface area contributed by atoms with Crippen LogP contribution in [0.25, 0.3) is 10.9 Å². The Morgan fingerprint density at radius 3 is 2.53 bits per heavy atom. The van der Waals surface area contributed by atoms with Crippen molar-refractivity contribution >= 4 is 28.4 Å². The molecule has 1 aromatic heterocycles. The highest BCUT2D eigenvalue weighted by Crippen LogP contribution is 2.34. The van der Waals surface area contributed by atoms with Crippen LogP contribution in [0.3, 0.4) is 0 Å². The normalized spacial score (nSPS) is 24.7. The Kier molecular flexibility index (Phi) is 5.90. The first kappa shape index (κ1) is 21.4. The number of aromatic nitrogens is 2. The minimum Gasteiger partial charge on any atom is -0.371 e. The summed E-state index contributed by atoms with van der Waals surface area (Å²) in [6.07, 6.45) is 3.33. The molecule has 3 saturated heterocycles. The lowest BCUT2D eigenvalue weighted by atomic mass is 9.88. The molecule has 3 aliphatic rings. The van der Waals surface area contributed by atoms with Crippen molar-refractivity contribution in [3.05, 3.63) is 23.9 Å². The molecule has 5 rings (SSSR count). The first-order chi connectivity index (χ1) is 15.5. The van der Waals surface area contributed by atoms with E-state index in [1.165, 1.54) is 18.5 Å². The SMILES string of the molecule is CC(C1CCN(c2ccc3c(C4CCC(=O)NC4=O)nn(C)c3c2)CC1)N1CCNCC1. The largest absolute Gasteiger partial charge is 0.371 e. The zero-order chi connectivity index (χ0) is 22.2. The second-order valence-electron chi connectivity index (χ2n) is 9.57. The molecule has 3 aliphatic heterocycles. The molecular weight excluding hydrogens is 404 g/mol. The van der Waals surface area contributed by atoms with Gasteiger partial charge in [0.2, 0.25) is 11.8 Å². The minimum absolute atomic E-state index is 0.191. The predicted molar refractivity (Wildman–Crippen MR) is 125 cm³/mol. The number of carbonyl (C=O) groups excluding carboxylic acids is 2. The van der Waals surface area contributed by atoms with Crippen molar-refractivity contribution in [1.29, 1.82) is 0 Å². The van der Waals surface area contributed by atoms with Gasteiger partial charge in [-0.05, 0) is 50.3 Å². The summed E-state index contributed by atoms with van der Waals surface area (Å²) in [5.74, 6) is -0.0252. The summed E-state index contributed by atoms with van der Waals surface area (Å²) in [4.78, 5) is 29.0. The average Bonchev–Trinajstić information content (AvgIpc) is 3.15. The van der Waals surface area contributed by atoms with E-state index in [4.69, 9.17) is 0 Å². The molecule has 3 fully saturated rings. The summed E-state index contributed by atoms with van der Waals surface area (Å²) in [5, 5.41) is 11.6. The topological polar surface area (TPSA) is 82.5 Å². The Labute approximate surface area is 189 Å². The van der Waals surface area contributed by atoms with Crippen molar-refractivity contribution < 1.29 is 9.59 Å². The fourth-order valence-corrected chi connectivity index (χ4v) is 5.71. The third kappa shape index (κ3) is 4.01. The van der Waals surface area contributed by atoms with E-state index in [1.807, 2.05) is 11.7 Å². The van der Waals surface area contributed by atoms with E-state index in [0.717, 1.165) is 61.8 Å². The maximum atomic E-state index is 12.4. The molecule has 2 N–H and O–H groups in total. The van der Waals surface area contributed by atoms with Gasteiger partial charge < -0.3 is 10.2 Å². The van der Waals surface area contributed by atoms with Crippen LogP contribution in [0.15, 0.2) is 18.2 Å². The zero-order valence-electron chi connectivity index (χ0n) is 19.1. The Morgan fingerprint density at radius 1 is 1.06 bits per heavy atom. The van der Waals surface area contributed by atoms with Crippen LogP contribution in [0.5, 0.6) is 0 Å². The highest BCUT2D eigenvalue weighted by atomic mass is 16.2. The fraction of sp³-hybridized carbons (Fsp3) is 0.625. The van der Waals surface area contributed by atoms with E-state index in [9.17, 15) is 9.59 Å². The number of fused-ring (bicyclic) bond motifs is 1. The van der Waals surface area contributed by atoms with E-state index < -0.39 is 0 Å². The smallest absolute Gasteiger partial charge is 0.235 e. The van der Waals surface area contributed by atoms with Gasteiger partial charge in [0.05, 0.1) is 17.1 Å². The molecule has 172 valence electrons. The van der Waals surface area contributed by atoms with Gasteiger partial charge in [-0.1, -0.05) is 0 Å². The number of hydrogen-bond acceptors (Lipinski definition) is 6. The zero-order valence-corrected chi connectivity index (χ0v) is 19.1. The summed E-state index contributed by atoms with van der Waals surface area (Å²) >= 11 is 0. The van der Waals surface area contributed by atoms with Crippen LogP contribution in [0.1, 0.15) is 44.2 Å². The molecule has 0 spiro atoms. The lowest BCUT2D eigenvalue weighted by molar-refractivity contribution is -0.134. The standard InChI is InChI=1S/C24H34N6O2/c1-16(29-13-9-25-10-14-29)17-7-11-30(12-8-17)18-3-4-19-21(15-18)28(2)27-23(19)20-5-6-22(31)26-24(20)32/h3-4,15-17,20,25H,5-14H2,1-2H3,(H,26,31,32).